The van der Waals surface area contributed by atoms with Crippen molar-refractivity contribution in [2.45, 2.75) is 35.4 Å². The summed E-state index contributed by atoms with van der Waals surface area (Å²) in [6.07, 6.45) is -4.40. The number of carbonyl (C=O) groups excluding carboxylic acids is 1. The zero-order valence-electron chi connectivity index (χ0n) is 23.6. The molecule has 2 aliphatic heterocycles. The Labute approximate surface area is 263 Å². The Morgan fingerprint density at radius 2 is 1.60 bits per heavy atom. The van der Waals surface area contributed by atoms with E-state index in [-0.39, 0.29) is 6.61 Å². The van der Waals surface area contributed by atoms with Crippen LogP contribution >= 0.6 is 35.0 Å². The number of esters is 1. The maximum atomic E-state index is 13.5. The minimum atomic E-state index is -4.39. The average Bonchev–Trinajstić information content (AvgIpc) is 2.98. The van der Waals surface area contributed by atoms with Crippen LogP contribution in [-0.2, 0) is 15.7 Å². The number of ether oxygens (including phenoxy) is 2. The Hall–Kier alpha value is -2.63. The summed E-state index contributed by atoms with van der Waals surface area (Å²) in [4.78, 5) is 20.9. The van der Waals surface area contributed by atoms with Crippen molar-refractivity contribution in [2.24, 2.45) is 0 Å². The third-order valence-corrected chi connectivity index (χ3v) is 9.12. The van der Waals surface area contributed by atoms with E-state index in [1.54, 1.807) is 31.2 Å². The molecule has 0 spiro atoms. The molecule has 0 aromatic heterocycles. The fourth-order valence-electron chi connectivity index (χ4n) is 5.14. The van der Waals surface area contributed by atoms with Crippen molar-refractivity contribution in [3.8, 4) is 5.75 Å². The third-order valence-electron chi connectivity index (χ3n) is 7.46. The van der Waals surface area contributed by atoms with E-state index < -0.39 is 23.8 Å². The molecule has 0 aliphatic carbocycles. The topological polar surface area (TPSA) is 45.3 Å². The summed E-state index contributed by atoms with van der Waals surface area (Å²) in [6.45, 7) is 7.35. The predicted octanol–water partition coefficient (Wildman–Crippen LogP) is 7.63. The van der Waals surface area contributed by atoms with Crippen LogP contribution in [0.3, 0.4) is 0 Å². The van der Waals surface area contributed by atoms with E-state index in [0.717, 1.165) is 60.7 Å². The van der Waals surface area contributed by atoms with Gasteiger partial charge in [0.25, 0.3) is 0 Å². The smallest absolute Gasteiger partial charge is 0.416 e. The number of carbonyl (C=O) groups is 1. The number of anilines is 2. The van der Waals surface area contributed by atoms with Crippen LogP contribution in [0.5, 0.6) is 5.75 Å². The summed E-state index contributed by atoms with van der Waals surface area (Å²) < 4.78 is 51.5. The van der Waals surface area contributed by atoms with Crippen LogP contribution in [0.15, 0.2) is 70.5 Å². The molecule has 0 N–H and O–H groups in total. The molecule has 3 aromatic carbocycles. The SMILES string of the molecule is CC(Oc1ccc(Cl)cc1Cl)C(=O)OCCN1CCN(CCCN2c3ccccc3Sc3ccc(C(F)(F)F)cc32)CC1. The van der Waals surface area contributed by atoms with Crippen molar-refractivity contribution in [3.63, 3.8) is 0 Å². The van der Waals surface area contributed by atoms with Crippen molar-refractivity contribution < 1.29 is 27.4 Å². The van der Waals surface area contributed by atoms with Crippen molar-refractivity contribution in [1.29, 1.82) is 0 Å². The first-order valence-corrected chi connectivity index (χ1v) is 15.6. The lowest BCUT2D eigenvalue weighted by atomic mass is 10.1. The molecule has 5 rings (SSSR count). The lowest BCUT2D eigenvalue weighted by molar-refractivity contribution is -0.151. The van der Waals surface area contributed by atoms with E-state index in [9.17, 15) is 18.0 Å². The number of halogens is 5. The summed E-state index contributed by atoms with van der Waals surface area (Å²) in [5.74, 6) is -0.100. The van der Waals surface area contributed by atoms with Gasteiger partial charge in [-0.15, -0.1) is 0 Å². The Kier molecular flexibility index (Phi) is 10.3. The summed E-state index contributed by atoms with van der Waals surface area (Å²) in [5, 5.41) is 0.804. The van der Waals surface area contributed by atoms with Gasteiger partial charge in [-0.1, -0.05) is 47.1 Å². The predicted molar refractivity (Wildman–Crippen MR) is 164 cm³/mol. The molecule has 1 saturated heterocycles. The van der Waals surface area contributed by atoms with Gasteiger partial charge in [0.15, 0.2) is 6.10 Å². The second-order valence-electron chi connectivity index (χ2n) is 10.4. The van der Waals surface area contributed by atoms with E-state index in [1.165, 1.54) is 17.8 Å². The maximum Gasteiger partial charge on any atom is 0.416 e. The number of hydrogen-bond acceptors (Lipinski definition) is 7. The molecule has 0 saturated carbocycles. The Bertz CT molecular complexity index is 1440. The number of para-hydroxylation sites is 1. The van der Waals surface area contributed by atoms with E-state index in [0.29, 0.717) is 34.6 Å². The second-order valence-corrected chi connectivity index (χ2v) is 12.4. The van der Waals surface area contributed by atoms with Crippen LogP contribution in [0.2, 0.25) is 10.0 Å². The maximum absolute atomic E-state index is 13.5. The minimum Gasteiger partial charge on any atom is -0.477 e. The van der Waals surface area contributed by atoms with Gasteiger partial charge in [-0.25, -0.2) is 4.79 Å². The first kappa shape index (κ1) is 31.8. The summed E-state index contributed by atoms with van der Waals surface area (Å²) in [7, 11) is 0. The van der Waals surface area contributed by atoms with Gasteiger partial charge in [0, 0.05) is 54.1 Å². The van der Waals surface area contributed by atoms with E-state index >= 15 is 0 Å². The molecule has 3 aromatic rings. The van der Waals surface area contributed by atoms with E-state index in [4.69, 9.17) is 32.7 Å². The highest BCUT2D eigenvalue weighted by Gasteiger charge is 2.33. The largest absolute Gasteiger partial charge is 0.477 e. The molecule has 230 valence electrons. The number of benzene rings is 3. The lowest BCUT2D eigenvalue weighted by Crippen LogP contribution is -2.48. The number of piperazine rings is 1. The molecule has 0 amide bonds. The zero-order valence-corrected chi connectivity index (χ0v) is 25.9. The standard InChI is InChI=1S/C31H32Cl2F3N3O3S/c1-21(42-27-9-8-23(32)20-24(27)33)30(40)41-18-17-38-15-13-37(14-16-38)11-4-12-39-25-5-2-3-6-28(25)43-29-10-7-22(19-26(29)39)31(34,35)36/h2-3,5-10,19-21H,4,11-18H2,1H3. The molecule has 2 heterocycles. The van der Waals surface area contributed by atoms with Crippen LogP contribution in [0, 0.1) is 0 Å². The summed E-state index contributed by atoms with van der Waals surface area (Å²) in [6, 6.07) is 16.6. The lowest BCUT2D eigenvalue weighted by Gasteiger charge is -2.36. The fourth-order valence-corrected chi connectivity index (χ4v) is 6.67. The number of hydrogen-bond donors (Lipinski definition) is 0. The molecular formula is C31H32Cl2F3N3O3S. The van der Waals surface area contributed by atoms with Crippen molar-refractivity contribution in [3.05, 3.63) is 76.3 Å². The van der Waals surface area contributed by atoms with Crippen LogP contribution in [-0.4, -0.2) is 74.3 Å². The normalized spacial score (nSPS) is 16.4. The molecule has 43 heavy (non-hydrogen) atoms. The van der Waals surface area contributed by atoms with E-state index in [1.807, 2.05) is 29.2 Å². The summed E-state index contributed by atoms with van der Waals surface area (Å²) in [5.41, 5.74) is 0.912. The van der Waals surface area contributed by atoms with Crippen LogP contribution < -0.4 is 9.64 Å². The first-order chi connectivity index (χ1) is 20.6. The van der Waals surface area contributed by atoms with Crippen LogP contribution in [0.25, 0.3) is 0 Å². The highest BCUT2D eigenvalue weighted by atomic mass is 35.5. The van der Waals surface area contributed by atoms with Gasteiger partial charge < -0.3 is 19.3 Å². The molecular weight excluding hydrogens is 622 g/mol. The summed E-state index contributed by atoms with van der Waals surface area (Å²) >= 11 is 13.5. The number of alkyl halides is 3. The second kappa shape index (κ2) is 14.0. The van der Waals surface area contributed by atoms with Crippen LogP contribution in [0.1, 0.15) is 18.9 Å². The highest BCUT2D eigenvalue weighted by Crippen LogP contribution is 2.49. The zero-order chi connectivity index (χ0) is 30.6. The fraction of sp³-hybridized carbons (Fsp3) is 0.387. The van der Waals surface area contributed by atoms with Gasteiger partial charge >= 0.3 is 12.1 Å². The first-order valence-electron chi connectivity index (χ1n) is 14.1. The number of rotatable bonds is 10. The Morgan fingerprint density at radius 3 is 2.33 bits per heavy atom. The van der Waals surface area contributed by atoms with E-state index in [2.05, 4.69) is 9.80 Å². The molecule has 1 unspecified atom stereocenters. The molecule has 2 aliphatic rings. The monoisotopic (exact) mass is 653 g/mol. The van der Waals surface area contributed by atoms with Gasteiger partial charge in [0.1, 0.15) is 12.4 Å². The molecule has 12 heteroatoms. The number of nitrogens with zero attached hydrogens (tertiary/aromatic N) is 3. The van der Waals surface area contributed by atoms with Gasteiger partial charge in [-0.3, -0.25) is 4.90 Å². The van der Waals surface area contributed by atoms with Gasteiger partial charge in [-0.05, 0) is 68.4 Å². The molecule has 1 fully saturated rings. The van der Waals surface area contributed by atoms with Crippen LogP contribution in [0.4, 0.5) is 24.5 Å². The quantitative estimate of drug-likeness (QED) is 0.208. The van der Waals surface area contributed by atoms with Crippen molar-refractivity contribution in [1.82, 2.24) is 9.80 Å². The Balaban J connectivity index is 1.06. The molecule has 0 bridgehead atoms. The highest BCUT2D eigenvalue weighted by molar-refractivity contribution is 7.99. The van der Waals surface area contributed by atoms with Gasteiger partial charge in [0.2, 0.25) is 0 Å². The number of fused-ring (bicyclic) bond motifs is 2. The average molecular weight is 655 g/mol. The molecule has 0 radical (unpaired) electrons. The van der Waals surface area contributed by atoms with Gasteiger partial charge in [0.05, 0.1) is 22.0 Å². The van der Waals surface area contributed by atoms with Gasteiger partial charge in [-0.2, -0.15) is 13.2 Å². The van der Waals surface area contributed by atoms with Crippen molar-refractivity contribution in [2.75, 3.05) is 57.3 Å². The minimum absolute atomic E-state index is 0.257. The molecule has 1 atom stereocenters. The Morgan fingerprint density at radius 1 is 0.907 bits per heavy atom. The van der Waals surface area contributed by atoms with Crippen molar-refractivity contribution >= 4 is 52.3 Å². The third kappa shape index (κ3) is 8.10. The molecule has 6 nitrogen and oxygen atoms in total.